The van der Waals surface area contributed by atoms with Gasteiger partial charge in [-0.1, -0.05) is 25.1 Å². The van der Waals surface area contributed by atoms with Crippen molar-refractivity contribution in [2.45, 2.75) is 40.5 Å². The summed E-state index contributed by atoms with van der Waals surface area (Å²) in [4.78, 5) is 25.1. The van der Waals surface area contributed by atoms with Gasteiger partial charge < -0.3 is 9.47 Å². The number of esters is 1. The van der Waals surface area contributed by atoms with Crippen LogP contribution < -0.4 is 0 Å². The summed E-state index contributed by atoms with van der Waals surface area (Å²) >= 11 is 0. The monoisotopic (exact) mass is 343 g/mol. The minimum atomic E-state index is -0.591. The third-order valence-electron chi connectivity index (χ3n) is 5.41. The number of rotatable bonds is 3. The molecule has 0 fully saturated rings. The molecule has 1 aromatic heterocycles. The Kier molecular flexibility index (Phi) is 4.58. The van der Waals surface area contributed by atoms with Gasteiger partial charge in [0.05, 0.1) is 24.1 Å². The van der Waals surface area contributed by atoms with E-state index in [1.54, 1.807) is 11.5 Å². The fraction of sp³-hybridized carbons (Fsp3) is 0.500. The van der Waals surface area contributed by atoms with Gasteiger partial charge in [0.15, 0.2) is 0 Å². The maximum atomic E-state index is 12.6. The summed E-state index contributed by atoms with van der Waals surface area (Å²) in [5.74, 6) is -0.0994. The van der Waals surface area contributed by atoms with E-state index in [0.29, 0.717) is 26.1 Å². The van der Waals surface area contributed by atoms with Crippen LogP contribution in [0.15, 0.2) is 24.3 Å². The summed E-state index contributed by atoms with van der Waals surface area (Å²) < 4.78 is 12.3. The van der Waals surface area contributed by atoms with Crippen molar-refractivity contribution in [2.75, 3.05) is 13.2 Å². The Bertz CT molecular complexity index is 822. The number of hydrogen-bond acceptors (Lipinski definition) is 4. The molecule has 0 radical (unpaired) electrons. The van der Waals surface area contributed by atoms with E-state index >= 15 is 0 Å². The van der Waals surface area contributed by atoms with Gasteiger partial charge in [0.1, 0.15) is 0 Å². The average Bonchev–Trinajstić information content (AvgIpc) is 2.89. The molecule has 0 saturated heterocycles. The smallest absolute Gasteiger partial charge is 0.418 e. The summed E-state index contributed by atoms with van der Waals surface area (Å²) in [5, 5.41) is 1.01. The first-order valence-electron chi connectivity index (χ1n) is 8.89. The molecule has 2 atom stereocenters. The summed E-state index contributed by atoms with van der Waals surface area (Å²) in [6, 6.07) is 7.80. The Morgan fingerprint density at radius 3 is 2.56 bits per heavy atom. The summed E-state index contributed by atoms with van der Waals surface area (Å²) in [7, 11) is 0. The molecule has 5 heteroatoms. The number of para-hydroxylation sites is 1. The molecule has 5 nitrogen and oxygen atoms in total. The predicted octanol–water partition coefficient (Wildman–Crippen LogP) is 3.95. The number of hydrogen-bond donors (Lipinski definition) is 0. The van der Waals surface area contributed by atoms with Crippen molar-refractivity contribution in [2.24, 2.45) is 11.3 Å². The van der Waals surface area contributed by atoms with Crippen LogP contribution in [-0.2, 0) is 27.1 Å². The second-order valence-electron chi connectivity index (χ2n) is 6.90. The Labute approximate surface area is 147 Å². The topological polar surface area (TPSA) is 57.5 Å². The lowest BCUT2D eigenvalue weighted by molar-refractivity contribution is -0.158. The van der Waals surface area contributed by atoms with Gasteiger partial charge in [-0.15, -0.1) is 0 Å². The number of carbonyl (C=O) groups excluding carboxylic acids is 2. The van der Waals surface area contributed by atoms with Crippen LogP contribution in [0.4, 0.5) is 4.79 Å². The molecular weight excluding hydrogens is 318 g/mol. The Morgan fingerprint density at radius 1 is 1.20 bits per heavy atom. The number of ether oxygens (including phenoxy) is 2. The minimum absolute atomic E-state index is 0.0662. The van der Waals surface area contributed by atoms with Crippen molar-refractivity contribution in [3.8, 4) is 0 Å². The van der Waals surface area contributed by atoms with Gasteiger partial charge in [-0.05, 0) is 51.2 Å². The SMILES string of the molecule is CCOC(=O)n1c2c(c3ccccc31)C[C@@](C)(C(=O)OCC)[C@@H](C)C2. The summed E-state index contributed by atoms with van der Waals surface area (Å²) in [6.07, 6.45) is 0.847. The normalized spacial score (nSPS) is 22.5. The zero-order valence-corrected chi connectivity index (χ0v) is 15.3. The standard InChI is InChI=1S/C20H25NO4/c1-5-24-18(22)20(4)12-15-14-9-7-8-10-16(14)21(19(23)25-6-2)17(15)11-13(20)3/h7-10,13H,5-6,11-12H2,1-4H3/t13-,20+/m0/s1. The van der Waals surface area contributed by atoms with E-state index < -0.39 is 5.41 Å². The van der Waals surface area contributed by atoms with E-state index in [1.807, 2.05) is 45.0 Å². The van der Waals surface area contributed by atoms with Crippen LogP contribution in [0.3, 0.4) is 0 Å². The van der Waals surface area contributed by atoms with Gasteiger partial charge in [-0.2, -0.15) is 0 Å². The van der Waals surface area contributed by atoms with E-state index in [-0.39, 0.29) is 18.0 Å². The summed E-state index contributed by atoms with van der Waals surface area (Å²) in [5.41, 5.74) is 2.25. The van der Waals surface area contributed by atoms with Gasteiger partial charge in [0.25, 0.3) is 0 Å². The Hall–Kier alpha value is -2.30. The van der Waals surface area contributed by atoms with Crippen LogP contribution >= 0.6 is 0 Å². The minimum Gasteiger partial charge on any atom is -0.466 e. The molecule has 0 unspecified atom stereocenters. The highest BCUT2D eigenvalue weighted by atomic mass is 16.5. The van der Waals surface area contributed by atoms with Crippen molar-refractivity contribution in [1.29, 1.82) is 0 Å². The van der Waals surface area contributed by atoms with Crippen LogP contribution in [0.5, 0.6) is 0 Å². The molecule has 3 rings (SSSR count). The number of benzene rings is 1. The van der Waals surface area contributed by atoms with Crippen LogP contribution in [0.2, 0.25) is 0 Å². The lowest BCUT2D eigenvalue weighted by atomic mass is 9.67. The van der Waals surface area contributed by atoms with Gasteiger partial charge in [-0.3, -0.25) is 4.79 Å². The molecular formula is C20H25NO4. The molecule has 0 saturated carbocycles. The molecule has 0 bridgehead atoms. The number of nitrogens with zero attached hydrogens (tertiary/aromatic N) is 1. The zero-order chi connectivity index (χ0) is 18.2. The molecule has 2 aromatic rings. The predicted molar refractivity (Wildman–Crippen MR) is 95.7 cm³/mol. The van der Waals surface area contributed by atoms with Crippen molar-refractivity contribution in [3.05, 3.63) is 35.5 Å². The maximum Gasteiger partial charge on any atom is 0.418 e. The van der Waals surface area contributed by atoms with Crippen molar-refractivity contribution >= 4 is 23.0 Å². The molecule has 0 aliphatic heterocycles. The molecule has 1 heterocycles. The van der Waals surface area contributed by atoms with Crippen LogP contribution in [0.25, 0.3) is 10.9 Å². The highest BCUT2D eigenvalue weighted by molar-refractivity contribution is 5.94. The molecule has 1 aliphatic rings. The van der Waals surface area contributed by atoms with Gasteiger partial charge in [-0.25, -0.2) is 9.36 Å². The highest BCUT2D eigenvalue weighted by Gasteiger charge is 2.46. The molecule has 134 valence electrons. The Balaban J connectivity index is 2.16. The molecule has 25 heavy (non-hydrogen) atoms. The second-order valence-corrected chi connectivity index (χ2v) is 6.90. The van der Waals surface area contributed by atoms with Gasteiger partial charge >= 0.3 is 12.1 Å². The van der Waals surface area contributed by atoms with Crippen molar-refractivity contribution in [3.63, 3.8) is 0 Å². The van der Waals surface area contributed by atoms with Gasteiger partial charge in [0.2, 0.25) is 0 Å². The van der Waals surface area contributed by atoms with Crippen molar-refractivity contribution < 1.29 is 19.1 Å². The van der Waals surface area contributed by atoms with Crippen LogP contribution in [0.1, 0.15) is 39.0 Å². The third-order valence-corrected chi connectivity index (χ3v) is 5.41. The zero-order valence-electron chi connectivity index (χ0n) is 15.3. The quantitative estimate of drug-likeness (QED) is 0.792. The van der Waals surface area contributed by atoms with Gasteiger partial charge in [0, 0.05) is 11.1 Å². The van der Waals surface area contributed by atoms with Crippen molar-refractivity contribution in [1.82, 2.24) is 4.57 Å². The first-order valence-corrected chi connectivity index (χ1v) is 8.89. The molecule has 1 aromatic carbocycles. The first kappa shape index (κ1) is 17.5. The fourth-order valence-electron chi connectivity index (χ4n) is 3.79. The molecule has 0 N–H and O–H groups in total. The fourth-order valence-corrected chi connectivity index (χ4v) is 3.79. The molecule has 0 spiro atoms. The lowest BCUT2D eigenvalue weighted by Crippen LogP contribution is -2.42. The Morgan fingerprint density at radius 2 is 1.88 bits per heavy atom. The summed E-state index contributed by atoms with van der Waals surface area (Å²) in [6.45, 7) is 8.35. The van der Waals surface area contributed by atoms with E-state index in [0.717, 1.165) is 22.2 Å². The number of aromatic nitrogens is 1. The van der Waals surface area contributed by atoms with E-state index in [1.165, 1.54) is 0 Å². The van der Waals surface area contributed by atoms with E-state index in [9.17, 15) is 9.59 Å². The average molecular weight is 343 g/mol. The van der Waals surface area contributed by atoms with E-state index in [4.69, 9.17) is 9.47 Å². The molecule has 0 amide bonds. The number of fused-ring (bicyclic) bond motifs is 3. The third kappa shape index (κ3) is 2.71. The lowest BCUT2D eigenvalue weighted by Gasteiger charge is -2.37. The van der Waals surface area contributed by atoms with E-state index in [2.05, 4.69) is 0 Å². The van der Waals surface area contributed by atoms with Crippen LogP contribution in [-0.4, -0.2) is 29.8 Å². The molecule has 1 aliphatic carbocycles. The maximum absolute atomic E-state index is 12.6. The highest BCUT2D eigenvalue weighted by Crippen LogP contribution is 2.44. The largest absolute Gasteiger partial charge is 0.466 e. The second kappa shape index (κ2) is 6.54. The number of carbonyl (C=O) groups is 2. The first-order chi connectivity index (χ1) is 11.9. The van der Waals surface area contributed by atoms with Crippen LogP contribution in [0, 0.1) is 11.3 Å².